The zero-order chi connectivity index (χ0) is 23.1. The van der Waals surface area contributed by atoms with Gasteiger partial charge >= 0.3 is 23.9 Å². The maximum atomic E-state index is 11.8. The zero-order valence-corrected chi connectivity index (χ0v) is 18.8. The molecule has 170 valence electrons. The van der Waals surface area contributed by atoms with Crippen molar-refractivity contribution < 1.29 is 42.9 Å². The molecular formula is C21H26O9S. The minimum Gasteiger partial charge on any atom is -0.463 e. The lowest BCUT2D eigenvalue weighted by Gasteiger charge is -2.44. The number of benzene rings is 1. The van der Waals surface area contributed by atoms with Crippen molar-refractivity contribution in [1.82, 2.24) is 0 Å². The van der Waals surface area contributed by atoms with Crippen molar-refractivity contribution in [3.63, 3.8) is 0 Å². The van der Waals surface area contributed by atoms with E-state index in [2.05, 4.69) is 0 Å². The monoisotopic (exact) mass is 454 g/mol. The van der Waals surface area contributed by atoms with Crippen LogP contribution in [0.2, 0.25) is 0 Å². The van der Waals surface area contributed by atoms with E-state index < -0.39 is 53.7 Å². The summed E-state index contributed by atoms with van der Waals surface area (Å²) in [5, 5.41) is 0. The van der Waals surface area contributed by atoms with Crippen molar-refractivity contribution in [2.45, 2.75) is 69.4 Å². The largest absolute Gasteiger partial charge is 0.463 e. The number of carbonyl (C=O) groups excluding carboxylic acids is 4. The van der Waals surface area contributed by atoms with E-state index in [9.17, 15) is 19.2 Å². The summed E-state index contributed by atoms with van der Waals surface area (Å²) in [6.45, 7) is 6.51. The van der Waals surface area contributed by atoms with Gasteiger partial charge < -0.3 is 23.7 Å². The lowest BCUT2D eigenvalue weighted by atomic mass is 9.99. The van der Waals surface area contributed by atoms with Crippen molar-refractivity contribution in [3.8, 4) is 0 Å². The van der Waals surface area contributed by atoms with Gasteiger partial charge in [0.1, 0.15) is 18.1 Å². The normalized spacial score (nSPS) is 25.3. The number of hydrogen-bond donors (Lipinski definition) is 0. The van der Waals surface area contributed by atoms with Gasteiger partial charge in [0.05, 0.1) is 0 Å². The van der Waals surface area contributed by atoms with Crippen LogP contribution in [0.15, 0.2) is 29.2 Å². The molecule has 31 heavy (non-hydrogen) atoms. The molecule has 1 saturated heterocycles. The third-order valence-electron chi connectivity index (χ3n) is 4.22. The molecule has 0 bridgehead atoms. The molecule has 10 heteroatoms. The summed E-state index contributed by atoms with van der Waals surface area (Å²) >= 11 is 1.24. The SMILES string of the molecule is CC(=O)OC[C@H]1O[C@H](Sc2ccc(C)cc2)[C@H](OC(C)=O)[C@@H](OC(C)=O)[C@H]1OC(C)=O. The highest BCUT2D eigenvalue weighted by molar-refractivity contribution is 7.99. The van der Waals surface area contributed by atoms with E-state index >= 15 is 0 Å². The molecular weight excluding hydrogens is 428 g/mol. The second kappa shape index (κ2) is 11.1. The lowest BCUT2D eigenvalue weighted by Crippen LogP contribution is -2.61. The van der Waals surface area contributed by atoms with Gasteiger partial charge in [-0.25, -0.2) is 0 Å². The molecule has 1 aliphatic rings. The molecule has 1 fully saturated rings. The van der Waals surface area contributed by atoms with E-state index in [1.807, 2.05) is 31.2 Å². The highest BCUT2D eigenvalue weighted by atomic mass is 32.2. The quantitative estimate of drug-likeness (QED) is 0.448. The molecule has 1 aromatic carbocycles. The standard InChI is InChI=1S/C21H26O9S/c1-11-6-8-16(9-7-11)31-21-20(29-15(5)25)19(28-14(4)24)18(27-13(3)23)17(30-21)10-26-12(2)22/h6-9,17-21H,10H2,1-5H3/t17-,18+,19+,20-,21-/m1/s1. The number of carbonyl (C=O) groups is 4. The van der Waals surface area contributed by atoms with E-state index in [1.165, 1.54) is 39.5 Å². The van der Waals surface area contributed by atoms with Crippen LogP contribution in [-0.2, 0) is 42.9 Å². The van der Waals surface area contributed by atoms with E-state index in [0.717, 1.165) is 10.5 Å². The Morgan fingerprint density at radius 2 is 1.32 bits per heavy atom. The number of hydrogen-bond acceptors (Lipinski definition) is 10. The Morgan fingerprint density at radius 1 is 0.806 bits per heavy atom. The van der Waals surface area contributed by atoms with E-state index in [4.69, 9.17) is 23.7 Å². The summed E-state index contributed by atoms with van der Waals surface area (Å²) in [4.78, 5) is 47.5. The third kappa shape index (κ3) is 7.55. The topological polar surface area (TPSA) is 114 Å². The first-order chi connectivity index (χ1) is 14.6. The van der Waals surface area contributed by atoms with E-state index in [-0.39, 0.29) is 6.61 Å². The summed E-state index contributed by atoms with van der Waals surface area (Å²) < 4.78 is 27.3. The van der Waals surface area contributed by atoms with Gasteiger partial charge in [0, 0.05) is 32.6 Å². The molecule has 1 aromatic rings. The Labute approximate surface area is 184 Å². The molecule has 0 unspecified atom stereocenters. The van der Waals surface area contributed by atoms with E-state index in [1.54, 1.807) is 0 Å². The minimum absolute atomic E-state index is 0.247. The highest BCUT2D eigenvalue weighted by Crippen LogP contribution is 2.37. The molecule has 0 aromatic heterocycles. The average molecular weight is 454 g/mol. The number of aryl methyl sites for hydroxylation is 1. The second-order valence-electron chi connectivity index (χ2n) is 7.00. The van der Waals surface area contributed by atoms with Crippen LogP contribution in [-0.4, -0.2) is 60.3 Å². The Morgan fingerprint density at radius 3 is 1.84 bits per heavy atom. The molecule has 0 radical (unpaired) electrons. The van der Waals surface area contributed by atoms with Gasteiger partial charge in [-0.05, 0) is 19.1 Å². The highest BCUT2D eigenvalue weighted by Gasteiger charge is 2.52. The Bertz CT molecular complexity index is 808. The summed E-state index contributed by atoms with van der Waals surface area (Å²) in [5.41, 5.74) is 0.231. The number of thioether (sulfide) groups is 1. The molecule has 0 amide bonds. The van der Waals surface area contributed by atoms with Gasteiger partial charge in [-0.3, -0.25) is 19.2 Å². The molecule has 0 saturated carbocycles. The van der Waals surface area contributed by atoms with Crippen LogP contribution in [0.25, 0.3) is 0 Å². The molecule has 2 rings (SSSR count). The summed E-state index contributed by atoms with van der Waals surface area (Å²) in [5.74, 6) is -2.50. The summed E-state index contributed by atoms with van der Waals surface area (Å²) in [7, 11) is 0. The Hall–Kier alpha value is -2.59. The van der Waals surface area contributed by atoms with Gasteiger partial charge in [-0.2, -0.15) is 0 Å². The molecule has 1 heterocycles. The molecule has 5 atom stereocenters. The Balaban J connectivity index is 2.43. The predicted octanol–water partition coefficient (Wildman–Crippen LogP) is 2.17. The van der Waals surface area contributed by atoms with Crippen LogP contribution in [0.5, 0.6) is 0 Å². The molecule has 0 aliphatic carbocycles. The van der Waals surface area contributed by atoms with Gasteiger partial charge in [-0.15, -0.1) is 0 Å². The van der Waals surface area contributed by atoms with Crippen molar-refractivity contribution in [2.24, 2.45) is 0 Å². The fourth-order valence-corrected chi connectivity index (χ4v) is 4.14. The summed E-state index contributed by atoms with van der Waals surface area (Å²) in [6.07, 6.45) is -4.35. The van der Waals surface area contributed by atoms with Crippen molar-refractivity contribution in [2.75, 3.05) is 6.61 Å². The minimum atomic E-state index is -1.16. The van der Waals surface area contributed by atoms with Gasteiger partial charge in [0.25, 0.3) is 0 Å². The van der Waals surface area contributed by atoms with Gasteiger partial charge in [0.2, 0.25) is 0 Å². The fourth-order valence-electron chi connectivity index (χ4n) is 3.03. The van der Waals surface area contributed by atoms with Gasteiger partial charge in [0.15, 0.2) is 18.3 Å². The van der Waals surface area contributed by atoms with Crippen LogP contribution >= 0.6 is 11.8 Å². The third-order valence-corrected chi connectivity index (χ3v) is 5.38. The number of esters is 4. The average Bonchev–Trinajstić information content (AvgIpc) is 2.65. The van der Waals surface area contributed by atoms with Crippen LogP contribution in [0.4, 0.5) is 0 Å². The van der Waals surface area contributed by atoms with E-state index in [0.29, 0.717) is 0 Å². The molecule has 9 nitrogen and oxygen atoms in total. The fraction of sp³-hybridized carbons (Fsp3) is 0.524. The van der Waals surface area contributed by atoms with Gasteiger partial charge in [-0.1, -0.05) is 29.5 Å². The summed E-state index contributed by atoms with van der Waals surface area (Å²) in [6, 6.07) is 7.56. The lowest BCUT2D eigenvalue weighted by molar-refractivity contribution is -0.237. The molecule has 0 spiro atoms. The van der Waals surface area contributed by atoms with Crippen LogP contribution < -0.4 is 0 Å². The van der Waals surface area contributed by atoms with Crippen LogP contribution in [0, 0.1) is 6.92 Å². The van der Waals surface area contributed by atoms with Crippen molar-refractivity contribution in [3.05, 3.63) is 29.8 Å². The zero-order valence-electron chi connectivity index (χ0n) is 18.0. The smallest absolute Gasteiger partial charge is 0.303 e. The first-order valence-electron chi connectivity index (χ1n) is 9.60. The Kier molecular flexibility index (Phi) is 8.88. The molecule has 1 aliphatic heterocycles. The first kappa shape index (κ1) is 24.7. The van der Waals surface area contributed by atoms with Crippen molar-refractivity contribution in [1.29, 1.82) is 0 Å². The second-order valence-corrected chi connectivity index (χ2v) is 8.17. The van der Waals surface area contributed by atoms with Crippen LogP contribution in [0.3, 0.4) is 0 Å². The maximum Gasteiger partial charge on any atom is 0.303 e. The maximum absolute atomic E-state index is 11.8. The molecule has 0 N–H and O–H groups in total. The van der Waals surface area contributed by atoms with Crippen molar-refractivity contribution >= 4 is 35.6 Å². The predicted molar refractivity (Wildman–Crippen MR) is 109 cm³/mol. The number of rotatable bonds is 7. The first-order valence-corrected chi connectivity index (χ1v) is 10.5. The van der Waals surface area contributed by atoms with Crippen LogP contribution in [0.1, 0.15) is 33.3 Å². The number of ether oxygens (including phenoxy) is 5.